The number of rotatable bonds is 2. The second kappa shape index (κ2) is 2.92. The van der Waals surface area contributed by atoms with Gasteiger partial charge in [0.1, 0.15) is 0 Å². The molecule has 3 heteroatoms. The molecule has 1 unspecified atom stereocenters. The van der Waals surface area contributed by atoms with Crippen molar-refractivity contribution in [2.45, 2.75) is 19.1 Å². The largest absolute Gasteiger partial charge is 0.309 e. The Kier molecular flexibility index (Phi) is 2.16. The van der Waals surface area contributed by atoms with E-state index in [2.05, 4.69) is 0 Å². The van der Waals surface area contributed by atoms with Gasteiger partial charge in [0, 0.05) is 19.3 Å². The predicted molar refractivity (Wildman–Crippen MR) is 34.5 cm³/mol. The maximum Gasteiger partial charge on any atom is 0.188 e. The van der Waals surface area contributed by atoms with Gasteiger partial charge in [0.15, 0.2) is 6.30 Å². The lowest BCUT2D eigenvalue weighted by Gasteiger charge is -2.14. The van der Waals surface area contributed by atoms with E-state index >= 15 is 0 Å². The zero-order chi connectivity index (χ0) is 6.69. The quantitative estimate of drug-likeness (QED) is 0.438. The molecule has 0 saturated carbocycles. The first kappa shape index (κ1) is 6.68. The van der Waals surface area contributed by atoms with Gasteiger partial charge in [-0.3, -0.25) is 4.90 Å². The minimum absolute atomic E-state index is 0.816. The van der Waals surface area contributed by atoms with Crippen molar-refractivity contribution >= 4 is 6.21 Å². The summed E-state index contributed by atoms with van der Waals surface area (Å²) in [7, 11) is 0. The Balaban J connectivity index is 2.32. The Morgan fingerprint density at radius 1 is 1.44 bits per heavy atom. The van der Waals surface area contributed by atoms with Crippen LogP contribution in [0.4, 0.5) is 4.39 Å². The number of halogens is 1. The van der Waals surface area contributed by atoms with Crippen LogP contribution < -0.4 is 0 Å². The molecule has 1 N–H and O–H groups in total. The van der Waals surface area contributed by atoms with E-state index in [-0.39, 0.29) is 0 Å². The fraction of sp³-hybridized carbons (Fsp3) is 0.833. The molecule has 1 fully saturated rings. The van der Waals surface area contributed by atoms with Crippen LogP contribution in [0, 0.1) is 5.41 Å². The van der Waals surface area contributed by atoms with Gasteiger partial charge < -0.3 is 5.41 Å². The molecule has 0 aromatic heterocycles. The third-order valence-electron chi connectivity index (χ3n) is 1.63. The maximum absolute atomic E-state index is 12.5. The molecule has 0 aromatic rings. The molecule has 52 valence electrons. The molecule has 0 radical (unpaired) electrons. The molecule has 0 aromatic carbocycles. The Labute approximate surface area is 54.2 Å². The van der Waals surface area contributed by atoms with Crippen molar-refractivity contribution in [3.8, 4) is 0 Å². The van der Waals surface area contributed by atoms with Crippen LogP contribution in [-0.2, 0) is 0 Å². The zero-order valence-corrected chi connectivity index (χ0v) is 5.31. The van der Waals surface area contributed by atoms with E-state index in [9.17, 15) is 4.39 Å². The lowest BCUT2D eigenvalue weighted by Crippen LogP contribution is -2.29. The van der Waals surface area contributed by atoms with Crippen molar-refractivity contribution in [2.75, 3.05) is 13.1 Å². The van der Waals surface area contributed by atoms with Gasteiger partial charge in [-0.25, -0.2) is 4.39 Å². The summed E-state index contributed by atoms with van der Waals surface area (Å²) < 4.78 is 12.5. The fourth-order valence-corrected chi connectivity index (χ4v) is 1.09. The Bertz CT molecular complexity index is 99.2. The molecule has 1 saturated heterocycles. The van der Waals surface area contributed by atoms with Gasteiger partial charge in [0.2, 0.25) is 0 Å². The molecule has 0 aliphatic carbocycles. The second-order valence-corrected chi connectivity index (χ2v) is 2.28. The predicted octanol–water partition coefficient (Wildman–Crippen LogP) is 1.03. The van der Waals surface area contributed by atoms with Crippen molar-refractivity contribution in [3.05, 3.63) is 0 Å². The highest BCUT2D eigenvalue weighted by Crippen LogP contribution is 2.10. The van der Waals surface area contributed by atoms with E-state index in [1.165, 1.54) is 0 Å². The van der Waals surface area contributed by atoms with E-state index in [0.717, 1.165) is 32.1 Å². The van der Waals surface area contributed by atoms with Crippen molar-refractivity contribution in [3.63, 3.8) is 0 Å². The van der Waals surface area contributed by atoms with Gasteiger partial charge >= 0.3 is 0 Å². The van der Waals surface area contributed by atoms with Crippen molar-refractivity contribution < 1.29 is 4.39 Å². The highest BCUT2D eigenvalue weighted by atomic mass is 19.1. The molecule has 0 bridgehead atoms. The number of nitrogens with one attached hydrogen (secondary N) is 1. The number of hydrogen-bond donors (Lipinski definition) is 1. The minimum Gasteiger partial charge on any atom is -0.309 e. The van der Waals surface area contributed by atoms with Crippen LogP contribution >= 0.6 is 0 Å². The van der Waals surface area contributed by atoms with Gasteiger partial charge in [0.05, 0.1) is 0 Å². The van der Waals surface area contributed by atoms with Gasteiger partial charge in [-0.2, -0.15) is 0 Å². The van der Waals surface area contributed by atoms with Crippen LogP contribution in [0.5, 0.6) is 0 Å². The van der Waals surface area contributed by atoms with Crippen LogP contribution in [0.3, 0.4) is 0 Å². The van der Waals surface area contributed by atoms with Crippen LogP contribution in [-0.4, -0.2) is 30.5 Å². The average Bonchev–Trinajstić information content (AvgIpc) is 2.37. The number of hydrogen-bond acceptors (Lipinski definition) is 2. The summed E-state index contributed by atoms with van der Waals surface area (Å²) in [6.45, 7) is 1.63. The average molecular weight is 130 g/mol. The van der Waals surface area contributed by atoms with Gasteiger partial charge in [-0.05, 0) is 12.8 Å². The number of nitrogens with zero attached hydrogens (tertiary/aromatic N) is 1. The highest BCUT2D eigenvalue weighted by Gasteiger charge is 2.18. The van der Waals surface area contributed by atoms with Gasteiger partial charge in [-0.15, -0.1) is 0 Å². The second-order valence-electron chi connectivity index (χ2n) is 2.28. The zero-order valence-electron chi connectivity index (χ0n) is 5.31. The Hall–Kier alpha value is -0.440. The lowest BCUT2D eigenvalue weighted by atomic mass is 10.4. The minimum atomic E-state index is -1.13. The molecular formula is C6H11FN2. The van der Waals surface area contributed by atoms with Crippen LogP contribution in [0.2, 0.25) is 0 Å². The van der Waals surface area contributed by atoms with E-state index < -0.39 is 6.30 Å². The number of likely N-dealkylation sites (tertiary alicyclic amines) is 1. The van der Waals surface area contributed by atoms with Gasteiger partial charge in [-0.1, -0.05) is 0 Å². The molecule has 2 nitrogen and oxygen atoms in total. The summed E-state index contributed by atoms with van der Waals surface area (Å²) in [5.74, 6) is 0. The van der Waals surface area contributed by atoms with Crippen LogP contribution in [0.1, 0.15) is 12.8 Å². The molecule has 1 heterocycles. The maximum atomic E-state index is 12.5. The molecule has 1 aliphatic rings. The van der Waals surface area contributed by atoms with E-state index in [4.69, 9.17) is 5.41 Å². The van der Waals surface area contributed by atoms with Crippen molar-refractivity contribution in [1.82, 2.24) is 4.90 Å². The fourth-order valence-electron chi connectivity index (χ4n) is 1.09. The smallest absolute Gasteiger partial charge is 0.188 e. The monoisotopic (exact) mass is 130 g/mol. The molecular weight excluding hydrogens is 119 g/mol. The van der Waals surface area contributed by atoms with E-state index in [1.54, 1.807) is 4.90 Å². The SMILES string of the molecule is N=CC(F)N1CCCC1. The lowest BCUT2D eigenvalue weighted by molar-refractivity contribution is 0.174. The summed E-state index contributed by atoms with van der Waals surface area (Å²) in [6, 6.07) is 0. The molecule has 1 atom stereocenters. The summed E-state index contributed by atoms with van der Waals surface area (Å²) >= 11 is 0. The standard InChI is InChI=1S/C6H11FN2/c7-6(5-8)9-3-1-2-4-9/h5-6,8H,1-4H2. The summed E-state index contributed by atoms with van der Waals surface area (Å²) in [5, 5.41) is 6.63. The summed E-state index contributed by atoms with van der Waals surface area (Å²) in [6.07, 6.45) is 1.88. The molecule has 1 rings (SSSR count). The summed E-state index contributed by atoms with van der Waals surface area (Å²) in [5.41, 5.74) is 0. The van der Waals surface area contributed by atoms with Crippen molar-refractivity contribution in [2.24, 2.45) is 0 Å². The first-order valence-electron chi connectivity index (χ1n) is 3.23. The van der Waals surface area contributed by atoms with E-state index in [0.29, 0.717) is 0 Å². The highest BCUT2D eigenvalue weighted by molar-refractivity contribution is 5.58. The third kappa shape index (κ3) is 1.48. The van der Waals surface area contributed by atoms with Crippen LogP contribution in [0.15, 0.2) is 0 Å². The molecule has 1 aliphatic heterocycles. The van der Waals surface area contributed by atoms with Crippen molar-refractivity contribution in [1.29, 1.82) is 5.41 Å². The topological polar surface area (TPSA) is 27.1 Å². The van der Waals surface area contributed by atoms with Gasteiger partial charge in [0.25, 0.3) is 0 Å². The number of alkyl halides is 1. The first-order chi connectivity index (χ1) is 4.34. The van der Waals surface area contributed by atoms with Crippen LogP contribution in [0.25, 0.3) is 0 Å². The normalized spacial score (nSPS) is 24.1. The van der Waals surface area contributed by atoms with E-state index in [1.807, 2.05) is 0 Å². The summed E-state index contributed by atoms with van der Waals surface area (Å²) in [4.78, 5) is 1.67. The third-order valence-corrected chi connectivity index (χ3v) is 1.63. The Morgan fingerprint density at radius 2 is 2.00 bits per heavy atom. The molecule has 9 heavy (non-hydrogen) atoms. The molecule has 0 amide bonds. The molecule has 0 spiro atoms. The first-order valence-corrected chi connectivity index (χ1v) is 3.23. The Morgan fingerprint density at radius 3 is 2.44 bits per heavy atom.